The smallest absolute Gasteiger partial charge is 0.238 e. The van der Waals surface area contributed by atoms with E-state index in [9.17, 15) is 8.42 Å². The lowest BCUT2D eigenvalue weighted by Crippen LogP contribution is -2.14. The van der Waals surface area contributed by atoms with Gasteiger partial charge in [0.1, 0.15) is 0 Å². The lowest BCUT2D eigenvalue weighted by molar-refractivity contribution is 0.597. The Labute approximate surface area is 90.5 Å². The van der Waals surface area contributed by atoms with Crippen molar-refractivity contribution in [2.45, 2.75) is 25.2 Å². The van der Waals surface area contributed by atoms with Crippen molar-refractivity contribution in [3.8, 4) is 0 Å². The van der Waals surface area contributed by atoms with Crippen molar-refractivity contribution in [2.75, 3.05) is 11.9 Å². The fraction of sp³-hybridized carbons (Fsp3) is 0.400. The van der Waals surface area contributed by atoms with E-state index in [0.717, 1.165) is 18.7 Å². The van der Waals surface area contributed by atoms with Gasteiger partial charge in [-0.15, -0.1) is 0 Å². The number of nitrogens with one attached hydrogen (secondary N) is 1. The summed E-state index contributed by atoms with van der Waals surface area (Å²) in [6, 6.07) is 5.05. The number of primary sulfonamides is 1. The zero-order valence-corrected chi connectivity index (χ0v) is 9.76. The number of hydrogen-bond acceptors (Lipinski definition) is 3. The monoisotopic (exact) mass is 228 g/mol. The summed E-state index contributed by atoms with van der Waals surface area (Å²) < 4.78 is 22.5. The zero-order valence-electron chi connectivity index (χ0n) is 8.95. The first-order valence-electron chi connectivity index (χ1n) is 4.83. The first-order valence-corrected chi connectivity index (χ1v) is 6.37. The Morgan fingerprint density at radius 2 is 2.07 bits per heavy atom. The molecule has 0 aliphatic rings. The highest BCUT2D eigenvalue weighted by Crippen LogP contribution is 2.21. The van der Waals surface area contributed by atoms with Crippen molar-refractivity contribution in [1.82, 2.24) is 0 Å². The lowest BCUT2D eigenvalue weighted by Gasteiger charge is -2.11. The maximum atomic E-state index is 11.2. The van der Waals surface area contributed by atoms with Gasteiger partial charge >= 0.3 is 0 Å². The Bertz CT molecular complexity index is 441. The van der Waals surface area contributed by atoms with Gasteiger partial charge in [-0.25, -0.2) is 13.6 Å². The standard InChI is InChI=1S/C10H16N2O2S/c1-3-7-12-9-5-4-6-10(8(9)2)15(11,13)14/h4-6,12H,3,7H2,1-2H3,(H2,11,13,14). The Morgan fingerprint density at radius 3 is 2.60 bits per heavy atom. The van der Waals surface area contributed by atoms with Gasteiger partial charge in [-0.2, -0.15) is 0 Å². The summed E-state index contributed by atoms with van der Waals surface area (Å²) in [4.78, 5) is 0.184. The van der Waals surface area contributed by atoms with Crippen LogP contribution in [0.5, 0.6) is 0 Å². The molecule has 0 spiro atoms. The number of hydrogen-bond donors (Lipinski definition) is 2. The van der Waals surface area contributed by atoms with E-state index in [0.29, 0.717) is 5.56 Å². The van der Waals surface area contributed by atoms with Crippen LogP contribution in [0.2, 0.25) is 0 Å². The molecule has 0 saturated carbocycles. The summed E-state index contributed by atoms with van der Waals surface area (Å²) in [6.07, 6.45) is 0.985. The van der Waals surface area contributed by atoms with Crippen LogP contribution in [0.1, 0.15) is 18.9 Å². The summed E-state index contributed by atoms with van der Waals surface area (Å²) in [7, 11) is -3.62. The van der Waals surface area contributed by atoms with Gasteiger partial charge in [-0.1, -0.05) is 13.0 Å². The van der Waals surface area contributed by atoms with Crippen molar-refractivity contribution in [3.63, 3.8) is 0 Å². The molecular weight excluding hydrogens is 212 g/mol. The van der Waals surface area contributed by atoms with Crippen molar-refractivity contribution in [1.29, 1.82) is 0 Å². The highest BCUT2D eigenvalue weighted by atomic mass is 32.2. The topological polar surface area (TPSA) is 72.2 Å². The van der Waals surface area contributed by atoms with Crippen molar-refractivity contribution in [2.24, 2.45) is 5.14 Å². The molecule has 84 valence electrons. The zero-order chi connectivity index (χ0) is 11.5. The second-order valence-corrected chi connectivity index (χ2v) is 4.93. The molecule has 4 nitrogen and oxygen atoms in total. The van der Waals surface area contributed by atoms with Crippen LogP contribution in [-0.4, -0.2) is 15.0 Å². The Balaban J connectivity index is 3.12. The summed E-state index contributed by atoms with van der Waals surface area (Å²) in [5.74, 6) is 0. The first-order chi connectivity index (χ1) is 6.96. The van der Waals surface area contributed by atoms with Crippen molar-refractivity contribution in [3.05, 3.63) is 23.8 Å². The maximum absolute atomic E-state index is 11.2. The maximum Gasteiger partial charge on any atom is 0.238 e. The van der Waals surface area contributed by atoms with E-state index in [1.807, 2.05) is 13.0 Å². The van der Waals surface area contributed by atoms with E-state index in [1.54, 1.807) is 13.0 Å². The summed E-state index contributed by atoms with van der Waals surface area (Å²) in [6.45, 7) is 4.61. The highest BCUT2D eigenvalue weighted by Gasteiger charge is 2.12. The average molecular weight is 228 g/mol. The van der Waals surface area contributed by atoms with E-state index in [-0.39, 0.29) is 4.90 Å². The fourth-order valence-corrected chi connectivity index (χ4v) is 2.18. The minimum Gasteiger partial charge on any atom is -0.385 e. The van der Waals surface area contributed by atoms with Crippen LogP contribution in [-0.2, 0) is 10.0 Å². The molecule has 1 aromatic rings. The number of nitrogens with two attached hydrogens (primary N) is 1. The molecule has 15 heavy (non-hydrogen) atoms. The van der Waals surface area contributed by atoms with Gasteiger partial charge in [0.2, 0.25) is 10.0 Å². The first kappa shape index (κ1) is 12.0. The molecule has 5 heteroatoms. The molecule has 1 aromatic carbocycles. The summed E-state index contributed by atoms with van der Waals surface area (Å²) in [5, 5.41) is 8.25. The van der Waals surface area contributed by atoms with E-state index in [2.05, 4.69) is 5.32 Å². The van der Waals surface area contributed by atoms with Crippen LogP contribution in [0, 0.1) is 6.92 Å². The normalized spacial score (nSPS) is 11.4. The highest BCUT2D eigenvalue weighted by molar-refractivity contribution is 7.89. The van der Waals surface area contributed by atoms with Crippen LogP contribution in [0.4, 0.5) is 5.69 Å². The van der Waals surface area contributed by atoms with Crippen LogP contribution in [0.15, 0.2) is 23.1 Å². The van der Waals surface area contributed by atoms with Crippen LogP contribution in [0.3, 0.4) is 0 Å². The average Bonchev–Trinajstić information content (AvgIpc) is 2.14. The summed E-state index contributed by atoms with van der Waals surface area (Å²) in [5.41, 5.74) is 1.50. The molecule has 0 aliphatic heterocycles. The van der Waals surface area contributed by atoms with Crippen molar-refractivity contribution < 1.29 is 8.42 Å². The molecule has 0 aliphatic carbocycles. The lowest BCUT2D eigenvalue weighted by atomic mass is 10.2. The molecular formula is C10H16N2O2S. The third kappa shape index (κ3) is 2.94. The molecule has 0 saturated heterocycles. The number of anilines is 1. The Morgan fingerprint density at radius 1 is 1.40 bits per heavy atom. The van der Waals surface area contributed by atoms with E-state index < -0.39 is 10.0 Å². The number of sulfonamides is 1. The largest absolute Gasteiger partial charge is 0.385 e. The van der Waals surface area contributed by atoms with Crippen LogP contribution >= 0.6 is 0 Å². The van der Waals surface area contributed by atoms with Crippen LogP contribution in [0.25, 0.3) is 0 Å². The third-order valence-corrected chi connectivity index (χ3v) is 3.21. The second-order valence-electron chi connectivity index (χ2n) is 3.40. The number of rotatable bonds is 4. The predicted octanol–water partition coefficient (Wildman–Crippen LogP) is 1.46. The molecule has 0 unspecified atom stereocenters. The van der Waals surface area contributed by atoms with Gasteiger partial charge in [0.05, 0.1) is 4.90 Å². The van der Waals surface area contributed by atoms with Gasteiger partial charge < -0.3 is 5.32 Å². The van der Waals surface area contributed by atoms with E-state index in [1.165, 1.54) is 6.07 Å². The Hall–Kier alpha value is -1.07. The van der Waals surface area contributed by atoms with E-state index >= 15 is 0 Å². The molecule has 0 fully saturated rings. The van der Waals surface area contributed by atoms with Gasteiger partial charge in [0, 0.05) is 12.2 Å². The molecule has 0 aromatic heterocycles. The third-order valence-electron chi connectivity index (χ3n) is 2.16. The number of benzene rings is 1. The Kier molecular flexibility index (Phi) is 3.71. The summed E-state index contributed by atoms with van der Waals surface area (Å²) >= 11 is 0. The van der Waals surface area contributed by atoms with Crippen molar-refractivity contribution >= 4 is 15.7 Å². The SMILES string of the molecule is CCCNc1cccc(S(N)(=O)=O)c1C. The van der Waals surface area contributed by atoms with Gasteiger partial charge in [0.15, 0.2) is 0 Å². The molecule has 0 atom stereocenters. The molecule has 3 N–H and O–H groups in total. The van der Waals surface area contributed by atoms with Crippen LogP contribution < -0.4 is 10.5 Å². The van der Waals surface area contributed by atoms with E-state index in [4.69, 9.17) is 5.14 Å². The predicted molar refractivity (Wildman–Crippen MR) is 61.3 cm³/mol. The van der Waals surface area contributed by atoms with Gasteiger partial charge in [-0.05, 0) is 31.0 Å². The molecule has 0 amide bonds. The second kappa shape index (κ2) is 4.63. The minimum absolute atomic E-state index is 0.184. The fourth-order valence-electron chi connectivity index (χ4n) is 1.37. The minimum atomic E-state index is -3.62. The molecule has 0 bridgehead atoms. The molecule has 0 radical (unpaired) electrons. The van der Waals surface area contributed by atoms with Gasteiger partial charge in [-0.3, -0.25) is 0 Å². The molecule has 1 rings (SSSR count). The van der Waals surface area contributed by atoms with Gasteiger partial charge in [0.25, 0.3) is 0 Å². The quantitative estimate of drug-likeness (QED) is 0.819. The molecule has 0 heterocycles.